The molecule has 2 aliphatic rings. The van der Waals surface area contributed by atoms with Gasteiger partial charge in [-0.1, -0.05) is 37.0 Å². The molecule has 0 fully saturated rings. The van der Waals surface area contributed by atoms with E-state index in [4.69, 9.17) is 28.2 Å². The summed E-state index contributed by atoms with van der Waals surface area (Å²) in [4.78, 5) is 17.9. The molecule has 5 heteroatoms. The second kappa shape index (κ2) is 4.97. The van der Waals surface area contributed by atoms with E-state index >= 15 is 0 Å². The molecule has 0 saturated carbocycles. The molecule has 0 saturated heterocycles. The minimum Gasteiger partial charge on any atom is -0.341 e. The van der Waals surface area contributed by atoms with Crippen molar-refractivity contribution < 1.29 is 4.79 Å². The maximum atomic E-state index is 11.0. The van der Waals surface area contributed by atoms with Gasteiger partial charge < -0.3 is 4.90 Å². The molecule has 0 radical (unpaired) electrons. The SMILES string of the molecule is CC1=C2C(=Nc3cc(Cl)c(Cl)cc3N2C)C(C)(C)C1=CC=O. The smallest absolute Gasteiger partial charge is 0.143 e. The summed E-state index contributed by atoms with van der Waals surface area (Å²) < 4.78 is 0. The van der Waals surface area contributed by atoms with Crippen molar-refractivity contribution in [3.05, 3.63) is 45.1 Å². The number of halogens is 2. The van der Waals surface area contributed by atoms with E-state index in [-0.39, 0.29) is 5.41 Å². The van der Waals surface area contributed by atoms with Crippen molar-refractivity contribution in [3.63, 3.8) is 0 Å². The van der Waals surface area contributed by atoms with Gasteiger partial charge in [0.15, 0.2) is 0 Å². The van der Waals surface area contributed by atoms with Crippen LogP contribution in [0.4, 0.5) is 11.4 Å². The third-order valence-electron chi connectivity index (χ3n) is 4.43. The predicted octanol–water partition coefficient (Wildman–Crippen LogP) is 4.95. The van der Waals surface area contributed by atoms with E-state index in [2.05, 4.69) is 18.7 Å². The van der Waals surface area contributed by atoms with Crippen LogP contribution in [-0.2, 0) is 4.79 Å². The first-order valence-electron chi connectivity index (χ1n) is 6.98. The summed E-state index contributed by atoms with van der Waals surface area (Å²) in [5.41, 5.74) is 5.43. The number of fused-ring (bicyclic) bond motifs is 2. The Bertz CT molecular complexity index is 788. The molecule has 1 aliphatic heterocycles. The highest BCUT2D eigenvalue weighted by atomic mass is 35.5. The average Bonchev–Trinajstić information content (AvgIpc) is 2.63. The first-order valence-corrected chi connectivity index (χ1v) is 7.74. The molecule has 0 aromatic heterocycles. The van der Waals surface area contributed by atoms with Crippen molar-refractivity contribution in [1.29, 1.82) is 0 Å². The number of nitrogens with zero attached hydrogens (tertiary/aromatic N) is 2. The summed E-state index contributed by atoms with van der Waals surface area (Å²) in [5.74, 6) is 0. The first-order chi connectivity index (χ1) is 10.3. The van der Waals surface area contributed by atoms with Crippen LogP contribution in [0.1, 0.15) is 20.8 Å². The molecule has 1 aromatic rings. The lowest BCUT2D eigenvalue weighted by molar-refractivity contribution is -0.104. The lowest BCUT2D eigenvalue weighted by Crippen LogP contribution is -2.31. The number of aldehydes is 1. The van der Waals surface area contributed by atoms with Crippen LogP contribution in [0.5, 0.6) is 0 Å². The van der Waals surface area contributed by atoms with E-state index in [1.165, 1.54) is 0 Å². The Labute approximate surface area is 139 Å². The summed E-state index contributed by atoms with van der Waals surface area (Å²) in [6, 6.07) is 3.61. The Kier molecular flexibility index (Phi) is 3.46. The van der Waals surface area contributed by atoms with E-state index in [1.54, 1.807) is 12.1 Å². The van der Waals surface area contributed by atoms with Crippen molar-refractivity contribution in [2.24, 2.45) is 10.4 Å². The fraction of sp³-hybridized carbons (Fsp3) is 0.294. The van der Waals surface area contributed by atoms with Crippen molar-refractivity contribution in [2.75, 3.05) is 11.9 Å². The second-order valence-electron chi connectivity index (χ2n) is 6.09. The fourth-order valence-electron chi connectivity index (χ4n) is 3.33. The van der Waals surface area contributed by atoms with Gasteiger partial charge in [-0.25, -0.2) is 4.99 Å². The molecule has 0 unspecified atom stereocenters. The lowest BCUT2D eigenvalue weighted by atomic mass is 9.82. The van der Waals surface area contributed by atoms with Crippen molar-refractivity contribution in [3.8, 4) is 0 Å². The van der Waals surface area contributed by atoms with Gasteiger partial charge in [-0.05, 0) is 36.3 Å². The number of hydrogen-bond donors (Lipinski definition) is 0. The van der Waals surface area contributed by atoms with Crippen LogP contribution in [0, 0.1) is 5.41 Å². The molecule has 0 amide bonds. The van der Waals surface area contributed by atoms with Gasteiger partial charge in [0.05, 0.1) is 32.8 Å². The zero-order valence-electron chi connectivity index (χ0n) is 12.9. The number of carbonyl (C=O) groups excluding carboxylic acids is 1. The van der Waals surface area contributed by atoms with Crippen LogP contribution in [0.3, 0.4) is 0 Å². The Balaban J connectivity index is 2.31. The third-order valence-corrected chi connectivity index (χ3v) is 5.15. The Hall–Kier alpha value is -1.58. The third kappa shape index (κ3) is 1.96. The minimum atomic E-state index is -0.321. The number of aliphatic imine (C=N–C) groups is 1. The molecule has 0 bridgehead atoms. The molecule has 3 rings (SSSR count). The zero-order valence-corrected chi connectivity index (χ0v) is 14.4. The molecule has 0 atom stereocenters. The quantitative estimate of drug-likeness (QED) is 0.537. The molecule has 0 N–H and O–H groups in total. The van der Waals surface area contributed by atoms with Crippen LogP contribution in [0.15, 0.2) is 40.0 Å². The van der Waals surface area contributed by atoms with Crippen molar-refractivity contribution >= 4 is 46.6 Å². The molecule has 114 valence electrons. The summed E-state index contributed by atoms with van der Waals surface area (Å²) in [7, 11) is 1.98. The summed E-state index contributed by atoms with van der Waals surface area (Å²) in [5, 5.41) is 0.992. The standard InChI is InChI=1S/C17H16Cl2N2O/c1-9-10(5-6-22)17(2,3)16-15(9)21(4)14-8-12(19)11(18)7-13(14)20-16/h5-8H,1-4H3. The number of carbonyl (C=O) groups is 1. The maximum absolute atomic E-state index is 11.0. The van der Waals surface area contributed by atoms with Crippen LogP contribution in [-0.4, -0.2) is 19.0 Å². The molecule has 1 heterocycles. The Morgan fingerprint density at radius 2 is 1.86 bits per heavy atom. The molecular formula is C17H16Cl2N2O. The molecular weight excluding hydrogens is 319 g/mol. The number of rotatable bonds is 1. The monoisotopic (exact) mass is 334 g/mol. The number of anilines is 1. The largest absolute Gasteiger partial charge is 0.341 e. The number of allylic oxidation sites excluding steroid dienone is 4. The van der Waals surface area contributed by atoms with Gasteiger partial charge >= 0.3 is 0 Å². The highest BCUT2D eigenvalue weighted by Crippen LogP contribution is 2.51. The first kappa shape index (κ1) is 15.3. The van der Waals surface area contributed by atoms with E-state index in [0.29, 0.717) is 10.0 Å². The lowest BCUT2D eigenvalue weighted by Gasteiger charge is -2.32. The van der Waals surface area contributed by atoms with Gasteiger partial charge in [-0.15, -0.1) is 0 Å². The zero-order chi connectivity index (χ0) is 16.2. The topological polar surface area (TPSA) is 32.7 Å². The van der Waals surface area contributed by atoms with Gasteiger partial charge in [-0.2, -0.15) is 0 Å². The second-order valence-corrected chi connectivity index (χ2v) is 6.90. The van der Waals surface area contributed by atoms with E-state index in [9.17, 15) is 4.79 Å². The van der Waals surface area contributed by atoms with Gasteiger partial charge in [0.1, 0.15) is 6.29 Å². The molecule has 0 spiro atoms. The molecule has 1 aromatic carbocycles. The van der Waals surface area contributed by atoms with Gasteiger partial charge in [-0.3, -0.25) is 4.79 Å². The van der Waals surface area contributed by atoms with Crippen LogP contribution < -0.4 is 4.90 Å². The summed E-state index contributed by atoms with van der Waals surface area (Å²) in [6.45, 7) is 6.18. The molecule has 22 heavy (non-hydrogen) atoms. The molecule has 1 aliphatic carbocycles. The summed E-state index contributed by atoms with van der Waals surface area (Å²) in [6.07, 6.45) is 2.46. The normalized spacial score (nSPS) is 20.9. The van der Waals surface area contributed by atoms with Crippen LogP contribution in [0.25, 0.3) is 0 Å². The van der Waals surface area contributed by atoms with Crippen molar-refractivity contribution in [1.82, 2.24) is 0 Å². The maximum Gasteiger partial charge on any atom is 0.143 e. The Morgan fingerprint density at radius 3 is 2.50 bits per heavy atom. The molecule has 3 nitrogen and oxygen atoms in total. The van der Waals surface area contributed by atoms with E-state index < -0.39 is 0 Å². The average molecular weight is 335 g/mol. The predicted molar refractivity (Wildman–Crippen MR) is 92.6 cm³/mol. The minimum absolute atomic E-state index is 0.321. The number of benzene rings is 1. The van der Waals surface area contributed by atoms with Gasteiger partial charge in [0.25, 0.3) is 0 Å². The van der Waals surface area contributed by atoms with Crippen LogP contribution in [0.2, 0.25) is 10.0 Å². The van der Waals surface area contributed by atoms with E-state index in [1.807, 2.05) is 20.0 Å². The van der Waals surface area contributed by atoms with Gasteiger partial charge in [0, 0.05) is 12.5 Å². The highest BCUT2D eigenvalue weighted by Gasteiger charge is 2.44. The van der Waals surface area contributed by atoms with Crippen molar-refractivity contribution in [2.45, 2.75) is 20.8 Å². The Morgan fingerprint density at radius 1 is 1.23 bits per heavy atom. The van der Waals surface area contributed by atoms with Crippen LogP contribution >= 0.6 is 23.2 Å². The highest BCUT2D eigenvalue weighted by molar-refractivity contribution is 6.42. The number of hydrogen-bond acceptors (Lipinski definition) is 3. The van der Waals surface area contributed by atoms with Gasteiger partial charge in [0.2, 0.25) is 0 Å². The summed E-state index contributed by atoms with van der Waals surface area (Å²) >= 11 is 12.3. The van der Waals surface area contributed by atoms with E-state index in [0.717, 1.165) is 40.2 Å². The fourth-order valence-corrected chi connectivity index (χ4v) is 3.64.